The molecule has 3 aromatic rings. The van der Waals surface area contributed by atoms with Gasteiger partial charge >= 0.3 is 6.03 Å². The van der Waals surface area contributed by atoms with Gasteiger partial charge in [0.25, 0.3) is 0 Å². The molecule has 0 aliphatic rings. The van der Waals surface area contributed by atoms with Gasteiger partial charge in [-0.05, 0) is 25.0 Å². The van der Waals surface area contributed by atoms with Crippen molar-refractivity contribution in [2.24, 2.45) is 0 Å². The number of unbranched alkanes of at least 4 members (excludes halogenated alkanes) is 8. The summed E-state index contributed by atoms with van der Waals surface area (Å²) in [4.78, 5) is 13.0. The number of aromatic nitrogens is 2. The van der Waals surface area contributed by atoms with Gasteiger partial charge in [-0.2, -0.15) is 5.10 Å². The van der Waals surface area contributed by atoms with Gasteiger partial charge in [0.05, 0.1) is 24.6 Å². The van der Waals surface area contributed by atoms with Crippen molar-refractivity contribution < 1.29 is 14.3 Å². The molecule has 0 spiro atoms. The molecule has 230 valence electrons. The highest BCUT2D eigenvalue weighted by Crippen LogP contribution is 2.38. The number of nitrogens with zero attached hydrogens (tertiary/aromatic N) is 2. The Bertz CT molecular complexity index is 1230. The molecule has 1 heterocycles. The first kappa shape index (κ1) is 32.8. The summed E-state index contributed by atoms with van der Waals surface area (Å²) < 4.78 is 14.4. The van der Waals surface area contributed by atoms with Gasteiger partial charge in [0, 0.05) is 29.3 Å². The van der Waals surface area contributed by atoms with Crippen LogP contribution in [0.2, 0.25) is 0 Å². The summed E-state index contributed by atoms with van der Waals surface area (Å²) in [6.45, 7) is 11.8. The van der Waals surface area contributed by atoms with E-state index in [-0.39, 0.29) is 11.4 Å². The average molecular weight is 578 g/mol. The number of nitrogen functional groups attached to an aromatic ring is 1. The first-order valence-electron chi connectivity index (χ1n) is 15.7. The van der Waals surface area contributed by atoms with Crippen molar-refractivity contribution in [1.29, 1.82) is 0 Å². The van der Waals surface area contributed by atoms with Crippen LogP contribution in [0.3, 0.4) is 0 Å². The number of urea groups is 1. The maximum absolute atomic E-state index is 13.0. The van der Waals surface area contributed by atoms with E-state index in [1.54, 1.807) is 4.68 Å². The third-order valence-electron chi connectivity index (χ3n) is 7.09. The molecule has 0 saturated heterocycles. The van der Waals surface area contributed by atoms with Gasteiger partial charge in [-0.15, -0.1) is 0 Å². The van der Waals surface area contributed by atoms with Crippen molar-refractivity contribution in [2.45, 2.75) is 104 Å². The number of para-hydroxylation sites is 1. The number of hydrogen-bond donors (Lipinski definition) is 3. The first-order chi connectivity index (χ1) is 20.2. The van der Waals surface area contributed by atoms with Crippen LogP contribution < -0.4 is 25.8 Å². The van der Waals surface area contributed by atoms with E-state index in [0.29, 0.717) is 47.6 Å². The van der Waals surface area contributed by atoms with Crippen molar-refractivity contribution in [3.05, 3.63) is 54.2 Å². The molecule has 42 heavy (non-hydrogen) atoms. The summed E-state index contributed by atoms with van der Waals surface area (Å²) in [5.41, 5.74) is 9.13. The highest BCUT2D eigenvalue weighted by molar-refractivity contribution is 6.01. The molecule has 8 nitrogen and oxygen atoms in total. The Labute approximate surface area is 252 Å². The Morgan fingerprint density at radius 2 is 1.40 bits per heavy atom. The molecule has 0 bridgehead atoms. The molecule has 0 aliphatic heterocycles. The van der Waals surface area contributed by atoms with E-state index in [1.165, 1.54) is 38.5 Å². The van der Waals surface area contributed by atoms with Crippen LogP contribution in [0.15, 0.2) is 48.5 Å². The van der Waals surface area contributed by atoms with Gasteiger partial charge in [0.2, 0.25) is 0 Å². The zero-order valence-corrected chi connectivity index (χ0v) is 26.3. The third kappa shape index (κ3) is 10.3. The van der Waals surface area contributed by atoms with E-state index >= 15 is 0 Å². The molecule has 0 fully saturated rings. The Hall–Kier alpha value is -3.68. The monoisotopic (exact) mass is 577 g/mol. The summed E-state index contributed by atoms with van der Waals surface area (Å²) in [6, 6.07) is 14.6. The van der Waals surface area contributed by atoms with Crippen LogP contribution in [0.5, 0.6) is 11.5 Å². The molecule has 2 amide bonds. The van der Waals surface area contributed by atoms with Crippen LogP contribution in [-0.4, -0.2) is 29.0 Å². The van der Waals surface area contributed by atoms with Crippen LogP contribution in [0, 0.1) is 0 Å². The summed E-state index contributed by atoms with van der Waals surface area (Å²) >= 11 is 0. The zero-order valence-electron chi connectivity index (χ0n) is 26.3. The second-order valence-electron chi connectivity index (χ2n) is 11.9. The zero-order chi connectivity index (χ0) is 30.4. The topological polar surface area (TPSA) is 103 Å². The van der Waals surface area contributed by atoms with Crippen LogP contribution in [-0.2, 0) is 5.41 Å². The molecule has 8 heteroatoms. The number of anilines is 3. The third-order valence-corrected chi connectivity index (χ3v) is 7.09. The highest BCUT2D eigenvalue weighted by Gasteiger charge is 2.23. The van der Waals surface area contributed by atoms with Gasteiger partial charge in [0.15, 0.2) is 0 Å². The minimum atomic E-state index is -0.360. The van der Waals surface area contributed by atoms with E-state index < -0.39 is 0 Å². The van der Waals surface area contributed by atoms with Crippen LogP contribution in [0.25, 0.3) is 5.69 Å². The molecular formula is C34H51N5O3. The number of nitrogens with two attached hydrogens (primary N) is 1. The lowest BCUT2D eigenvalue weighted by Crippen LogP contribution is -2.20. The molecule has 0 radical (unpaired) electrons. The number of benzene rings is 2. The average Bonchev–Trinajstić information content (AvgIpc) is 3.35. The van der Waals surface area contributed by atoms with E-state index in [4.69, 9.17) is 20.3 Å². The van der Waals surface area contributed by atoms with Crippen molar-refractivity contribution in [2.75, 3.05) is 29.6 Å². The van der Waals surface area contributed by atoms with Crippen LogP contribution in [0.1, 0.15) is 105 Å². The number of rotatable bonds is 17. The standard InChI is InChI=1S/C34H51N5O3/c1-6-8-10-12-17-21-41-29-24-28(39-32(35)25-31(38-39)34(3,4)5)30(42-22-18-13-11-9-7-2)23-27(29)37-33(40)36-26-19-15-14-16-20-26/h14-16,19-20,23-25H,6-13,17-18,21-22,35H2,1-5H3,(H2,36,37,40). The predicted octanol–water partition coefficient (Wildman–Crippen LogP) is 9.09. The maximum Gasteiger partial charge on any atom is 0.323 e. The van der Waals surface area contributed by atoms with E-state index in [0.717, 1.165) is 31.4 Å². The second kappa shape index (κ2) is 16.7. The lowest BCUT2D eigenvalue weighted by Gasteiger charge is -2.19. The van der Waals surface area contributed by atoms with E-state index in [1.807, 2.05) is 48.5 Å². The van der Waals surface area contributed by atoms with Gasteiger partial charge in [-0.1, -0.05) is 104 Å². The minimum absolute atomic E-state index is 0.172. The quantitative estimate of drug-likeness (QED) is 0.139. The lowest BCUT2D eigenvalue weighted by atomic mass is 9.92. The molecule has 0 saturated carbocycles. The van der Waals surface area contributed by atoms with Gasteiger partial charge in [0.1, 0.15) is 23.0 Å². The van der Waals surface area contributed by atoms with Crippen LogP contribution in [0.4, 0.5) is 22.0 Å². The number of nitrogens with one attached hydrogen (secondary N) is 2. The minimum Gasteiger partial charge on any atom is -0.491 e. The summed E-state index contributed by atoms with van der Waals surface area (Å²) in [7, 11) is 0. The largest absolute Gasteiger partial charge is 0.491 e. The van der Waals surface area contributed by atoms with Crippen molar-refractivity contribution >= 4 is 23.2 Å². The summed E-state index contributed by atoms with van der Waals surface area (Å²) in [5, 5.41) is 10.7. The summed E-state index contributed by atoms with van der Waals surface area (Å²) in [5.74, 6) is 1.65. The van der Waals surface area contributed by atoms with Gasteiger partial charge in [-0.25, -0.2) is 9.48 Å². The fourth-order valence-electron chi connectivity index (χ4n) is 4.58. The van der Waals surface area contributed by atoms with E-state index in [2.05, 4.69) is 45.3 Å². The Balaban J connectivity index is 1.94. The van der Waals surface area contributed by atoms with Gasteiger partial charge < -0.3 is 25.8 Å². The molecule has 0 atom stereocenters. The fraction of sp³-hybridized carbons (Fsp3) is 0.529. The highest BCUT2D eigenvalue weighted by atomic mass is 16.5. The molecule has 3 rings (SSSR count). The van der Waals surface area contributed by atoms with Crippen molar-refractivity contribution in [3.63, 3.8) is 0 Å². The molecule has 0 unspecified atom stereocenters. The number of hydrogen-bond acceptors (Lipinski definition) is 5. The molecule has 4 N–H and O–H groups in total. The number of carbonyl (C=O) groups is 1. The van der Waals surface area contributed by atoms with Crippen molar-refractivity contribution in [1.82, 2.24) is 9.78 Å². The number of amides is 2. The lowest BCUT2D eigenvalue weighted by molar-refractivity contribution is 0.261. The second-order valence-corrected chi connectivity index (χ2v) is 11.9. The Kier molecular flexibility index (Phi) is 13.0. The smallest absolute Gasteiger partial charge is 0.323 e. The SMILES string of the molecule is CCCCCCCOc1cc(-n2nc(C(C)(C)C)cc2N)c(OCCCCCCC)cc1NC(=O)Nc1ccccc1. The Morgan fingerprint density at radius 3 is 1.98 bits per heavy atom. The Morgan fingerprint density at radius 1 is 0.810 bits per heavy atom. The van der Waals surface area contributed by atoms with Crippen molar-refractivity contribution in [3.8, 4) is 17.2 Å². The predicted molar refractivity (Wildman–Crippen MR) is 174 cm³/mol. The maximum atomic E-state index is 13.0. The first-order valence-corrected chi connectivity index (χ1v) is 15.7. The number of ether oxygens (including phenoxy) is 2. The number of carbonyl (C=O) groups excluding carboxylic acids is 1. The summed E-state index contributed by atoms with van der Waals surface area (Å²) in [6.07, 6.45) is 11.3. The normalized spacial score (nSPS) is 11.4. The van der Waals surface area contributed by atoms with Crippen LogP contribution >= 0.6 is 0 Å². The fourth-order valence-corrected chi connectivity index (χ4v) is 4.58. The van der Waals surface area contributed by atoms with E-state index in [9.17, 15) is 4.79 Å². The molecule has 0 aliphatic carbocycles. The molecule has 1 aromatic heterocycles. The van der Waals surface area contributed by atoms with Gasteiger partial charge in [-0.3, -0.25) is 0 Å². The molecular weight excluding hydrogens is 526 g/mol. The molecule has 2 aromatic carbocycles.